The Morgan fingerprint density at radius 3 is 2.67 bits per heavy atom. The van der Waals surface area contributed by atoms with Gasteiger partial charge in [0, 0.05) is 19.3 Å². The molecule has 0 saturated carbocycles. The summed E-state index contributed by atoms with van der Waals surface area (Å²) in [6.07, 6.45) is 4.09. The molecule has 2 N–H and O–H groups in total. The SMILES string of the molecule is CCCNc1ccccc1S(=O)(=O)Nc1cnn(CC)c1. The zero-order chi connectivity index (χ0) is 15.3. The number of para-hydroxylation sites is 1. The van der Waals surface area contributed by atoms with Crippen LogP contribution in [0.25, 0.3) is 0 Å². The largest absolute Gasteiger partial charge is 0.384 e. The van der Waals surface area contributed by atoms with Crippen molar-refractivity contribution >= 4 is 21.4 Å². The monoisotopic (exact) mass is 308 g/mol. The number of rotatable bonds is 7. The van der Waals surface area contributed by atoms with Gasteiger partial charge in [0.1, 0.15) is 4.90 Å². The van der Waals surface area contributed by atoms with Gasteiger partial charge < -0.3 is 5.32 Å². The van der Waals surface area contributed by atoms with Crippen molar-refractivity contribution in [2.75, 3.05) is 16.6 Å². The number of benzene rings is 1. The first kappa shape index (κ1) is 15.4. The van der Waals surface area contributed by atoms with Crippen LogP contribution in [0, 0.1) is 0 Å². The molecule has 1 heterocycles. The highest BCUT2D eigenvalue weighted by Gasteiger charge is 2.18. The van der Waals surface area contributed by atoms with Crippen LogP contribution in [-0.4, -0.2) is 24.7 Å². The van der Waals surface area contributed by atoms with Gasteiger partial charge in [-0.3, -0.25) is 9.40 Å². The summed E-state index contributed by atoms with van der Waals surface area (Å²) in [5, 5.41) is 7.19. The predicted octanol–water partition coefficient (Wildman–Crippen LogP) is 2.53. The number of hydrogen-bond acceptors (Lipinski definition) is 4. The number of nitrogens with one attached hydrogen (secondary N) is 2. The van der Waals surface area contributed by atoms with Gasteiger partial charge >= 0.3 is 0 Å². The Morgan fingerprint density at radius 2 is 2.00 bits per heavy atom. The first-order chi connectivity index (χ1) is 10.1. The third kappa shape index (κ3) is 3.75. The number of sulfonamides is 1. The van der Waals surface area contributed by atoms with E-state index in [9.17, 15) is 8.42 Å². The molecule has 0 radical (unpaired) electrons. The quantitative estimate of drug-likeness (QED) is 0.824. The zero-order valence-corrected chi connectivity index (χ0v) is 13.0. The third-order valence-electron chi connectivity index (χ3n) is 2.95. The Balaban J connectivity index is 2.26. The van der Waals surface area contributed by atoms with Crippen molar-refractivity contribution in [3.63, 3.8) is 0 Å². The number of hydrogen-bond donors (Lipinski definition) is 2. The average Bonchev–Trinajstić information content (AvgIpc) is 2.92. The lowest BCUT2D eigenvalue weighted by molar-refractivity contribution is 0.601. The first-order valence-corrected chi connectivity index (χ1v) is 8.43. The normalized spacial score (nSPS) is 11.3. The second kappa shape index (κ2) is 6.62. The van der Waals surface area contributed by atoms with Gasteiger partial charge in [-0.05, 0) is 25.5 Å². The molecule has 1 aromatic heterocycles. The molecule has 2 aromatic rings. The minimum absolute atomic E-state index is 0.239. The van der Waals surface area contributed by atoms with Crippen molar-refractivity contribution in [3.05, 3.63) is 36.7 Å². The van der Waals surface area contributed by atoms with Crippen molar-refractivity contribution < 1.29 is 8.42 Å². The van der Waals surface area contributed by atoms with Crippen LogP contribution in [0.4, 0.5) is 11.4 Å². The summed E-state index contributed by atoms with van der Waals surface area (Å²) >= 11 is 0. The Morgan fingerprint density at radius 1 is 1.24 bits per heavy atom. The van der Waals surface area contributed by atoms with E-state index in [1.54, 1.807) is 29.1 Å². The maximum Gasteiger partial charge on any atom is 0.264 e. The van der Waals surface area contributed by atoms with Crippen molar-refractivity contribution in [2.24, 2.45) is 0 Å². The van der Waals surface area contributed by atoms with Gasteiger partial charge in [0.15, 0.2) is 0 Å². The molecule has 0 spiro atoms. The molecule has 0 aliphatic heterocycles. The molecule has 1 aromatic carbocycles. The number of aryl methyl sites for hydroxylation is 1. The topological polar surface area (TPSA) is 76.0 Å². The summed E-state index contributed by atoms with van der Waals surface area (Å²) < 4.78 is 29.2. The van der Waals surface area contributed by atoms with E-state index in [1.807, 2.05) is 19.9 Å². The number of nitrogens with zero attached hydrogens (tertiary/aromatic N) is 2. The van der Waals surface area contributed by atoms with Gasteiger partial charge in [0.05, 0.1) is 17.6 Å². The minimum atomic E-state index is -3.64. The average molecular weight is 308 g/mol. The fourth-order valence-corrected chi connectivity index (χ4v) is 3.12. The second-order valence-electron chi connectivity index (χ2n) is 4.61. The van der Waals surface area contributed by atoms with E-state index in [2.05, 4.69) is 15.1 Å². The highest BCUT2D eigenvalue weighted by Crippen LogP contribution is 2.23. The smallest absolute Gasteiger partial charge is 0.264 e. The van der Waals surface area contributed by atoms with Crippen LogP contribution in [0.3, 0.4) is 0 Å². The molecule has 114 valence electrons. The van der Waals surface area contributed by atoms with Crippen LogP contribution in [0.5, 0.6) is 0 Å². The van der Waals surface area contributed by atoms with Gasteiger partial charge in [-0.25, -0.2) is 8.42 Å². The van der Waals surface area contributed by atoms with Crippen molar-refractivity contribution in [3.8, 4) is 0 Å². The van der Waals surface area contributed by atoms with Crippen molar-refractivity contribution in [1.29, 1.82) is 0 Å². The minimum Gasteiger partial charge on any atom is -0.384 e. The summed E-state index contributed by atoms with van der Waals surface area (Å²) in [4.78, 5) is 0.239. The van der Waals surface area contributed by atoms with Crippen LogP contribution in [0.15, 0.2) is 41.6 Å². The standard InChI is InChI=1S/C14H20N4O2S/c1-3-9-15-13-7-5-6-8-14(13)21(19,20)17-12-10-16-18(4-2)11-12/h5-8,10-11,15,17H,3-4,9H2,1-2H3. The molecule has 6 nitrogen and oxygen atoms in total. The van der Waals surface area contributed by atoms with E-state index >= 15 is 0 Å². The zero-order valence-electron chi connectivity index (χ0n) is 12.2. The van der Waals surface area contributed by atoms with Crippen LogP contribution in [0.1, 0.15) is 20.3 Å². The van der Waals surface area contributed by atoms with Crippen LogP contribution >= 0.6 is 0 Å². The molecule has 0 atom stereocenters. The summed E-state index contributed by atoms with van der Waals surface area (Å²) in [6, 6.07) is 6.87. The maximum atomic E-state index is 12.5. The van der Waals surface area contributed by atoms with E-state index in [0.29, 0.717) is 17.9 Å². The second-order valence-corrected chi connectivity index (χ2v) is 6.26. The van der Waals surface area contributed by atoms with Crippen LogP contribution < -0.4 is 10.0 Å². The van der Waals surface area contributed by atoms with Gasteiger partial charge in [-0.1, -0.05) is 19.1 Å². The van der Waals surface area contributed by atoms with Crippen molar-refractivity contribution in [2.45, 2.75) is 31.7 Å². The molecule has 0 aliphatic carbocycles. The summed E-state index contributed by atoms with van der Waals surface area (Å²) in [6.45, 7) is 5.38. The number of aromatic nitrogens is 2. The lowest BCUT2D eigenvalue weighted by Crippen LogP contribution is -2.15. The molecule has 0 amide bonds. The van der Waals surface area contributed by atoms with E-state index in [1.165, 1.54) is 6.20 Å². The molecule has 0 aliphatic rings. The van der Waals surface area contributed by atoms with Gasteiger partial charge in [0.2, 0.25) is 0 Å². The number of anilines is 2. The van der Waals surface area contributed by atoms with Gasteiger partial charge in [0.25, 0.3) is 10.0 Å². The molecule has 0 saturated heterocycles. The van der Waals surface area contributed by atoms with Crippen LogP contribution in [0.2, 0.25) is 0 Å². The first-order valence-electron chi connectivity index (χ1n) is 6.95. The molecule has 0 fully saturated rings. The fraction of sp³-hybridized carbons (Fsp3) is 0.357. The molecule has 0 bridgehead atoms. The summed E-state index contributed by atoms with van der Waals surface area (Å²) in [5.74, 6) is 0. The van der Waals surface area contributed by atoms with Gasteiger partial charge in [-0.2, -0.15) is 5.10 Å². The Bertz CT molecular complexity index is 695. The third-order valence-corrected chi connectivity index (χ3v) is 4.39. The molecule has 0 unspecified atom stereocenters. The maximum absolute atomic E-state index is 12.5. The van der Waals surface area contributed by atoms with E-state index in [4.69, 9.17) is 0 Å². The summed E-state index contributed by atoms with van der Waals surface area (Å²) in [5.41, 5.74) is 1.07. The summed E-state index contributed by atoms with van der Waals surface area (Å²) in [7, 11) is -3.64. The molecule has 2 rings (SSSR count). The Kier molecular flexibility index (Phi) is 4.85. The van der Waals surface area contributed by atoms with Gasteiger partial charge in [-0.15, -0.1) is 0 Å². The van der Waals surface area contributed by atoms with Crippen molar-refractivity contribution in [1.82, 2.24) is 9.78 Å². The molecular formula is C14H20N4O2S. The van der Waals surface area contributed by atoms with E-state index < -0.39 is 10.0 Å². The Hall–Kier alpha value is -2.02. The predicted molar refractivity (Wildman–Crippen MR) is 83.9 cm³/mol. The highest BCUT2D eigenvalue weighted by molar-refractivity contribution is 7.92. The lowest BCUT2D eigenvalue weighted by Gasteiger charge is -2.12. The Labute approximate surface area is 125 Å². The van der Waals surface area contributed by atoms with E-state index in [0.717, 1.165) is 13.0 Å². The molecular weight excluding hydrogens is 288 g/mol. The molecule has 7 heteroatoms. The molecule has 21 heavy (non-hydrogen) atoms. The lowest BCUT2D eigenvalue weighted by atomic mass is 10.3. The van der Waals surface area contributed by atoms with E-state index in [-0.39, 0.29) is 4.90 Å². The fourth-order valence-electron chi connectivity index (χ4n) is 1.91. The highest BCUT2D eigenvalue weighted by atomic mass is 32.2. The van der Waals surface area contributed by atoms with Crippen LogP contribution in [-0.2, 0) is 16.6 Å².